The molecule has 1 aliphatic heterocycles. The van der Waals surface area contributed by atoms with Gasteiger partial charge in [0.25, 0.3) is 5.95 Å². The number of aliphatic hydroxyl groups is 4. The van der Waals surface area contributed by atoms with Crippen LogP contribution in [0.5, 0.6) is 0 Å². The molecule has 1 heterocycles. The van der Waals surface area contributed by atoms with E-state index in [4.69, 9.17) is 19.3 Å². The normalized spacial score (nSPS) is 31.9. The van der Waals surface area contributed by atoms with Crippen molar-refractivity contribution in [1.29, 1.82) is 0 Å². The molecular formula is C16H30O7. The van der Waals surface area contributed by atoms with Gasteiger partial charge in [-0.1, -0.05) is 32.6 Å². The molecule has 0 aromatic rings. The fourth-order valence-corrected chi connectivity index (χ4v) is 2.43. The van der Waals surface area contributed by atoms with Gasteiger partial charge in [-0.25, -0.2) is 0 Å². The summed E-state index contributed by atoms with van der Waals surface area (Å²) in [6.07, 6.45) is 1.77. The molecule has 0 saturated carbocycles. The quantitative estimate of drug-likeness (QED) is 0.343. The number of hydrogen-bond acceptors (Lipinski definition) is 7. The Labute approximate surface area is 137 Å². The Morgan fingerprint density at radius 2 is 1.74 bits per heavy atom. The molecule has 23 heavy (non-hydrogen) atoms. The van der Waals surface area contributed by atoms with E-state index in [-0.39, 0.29) is 5.95 Å². The van der Waals surface area contributed by atoms with Gasteiger partial charge in [0.15, 0.2) is 0 Å². The zero-order chi connectivity index (χ0) is 17.2. The second-order valence-electron chi connectivity index (χ2n) is 5.75. The number of aliphatic hydroxyl groups excluding tert-OH is 4. The van der Waals surface area contributed by atoms with Crippen LogP contribution in [0.3, 0.4) is 0 Å². The van der Waals surface area contributed by atoms with Crippen molar-refractivity contribution in [2.24, 2.45) is 0 Å². The van der Waals surface area contributed by atoms with E-state index >= 15 is 0 Å². The van der Waals surface area contributed by atoms with Crippen molar-refractivity contribution in [1.82, 2.24) is 0 Å². The SMILES string of the molecule is CCCCCCCC=C(OC)O[C@@H]1O[C@H](CO)[C@H](O)[C@H](O)[C@H]1O. The smallest absolute Gasteiger partial charge is 0.277 e. The third-order valence-electron chi connectivity index (χ3n) is 3.90. The molecular weight excluding hydrogens is 304 g/mol. The van der Waals surface area contributed by atoms with Gasteiger partial charge < -0.3 is 34.6 Å². The highest BCUT2D eigenvalue weighted by molar-refractivity contribution is 4.92. The average Bonchev–Trinajstić information content (AvgIpc) is 2.56. The first-order valence-corrected chi connectivity index (χ1v) is 8.26. The predicted molar refractivity (Wildman–Crippen MR) is 83.3 cm³/mol. The number of ether oxygens (including phenoxy) is 3. The molecule has 0 aromatic carbocycles. The van der Waals surface area contributed by atoms with Crippen LogP contribution < -0.4 is 0 Å². The average molecular weight is 334 g/mol. The van der Waals surface area contributed by atoms with Crippen molar-refractivity contribution in [3.63, 3.8) is 0 Å². The molecule has 136 valence electrons. The summed E-state index contributed by atoms with van der Waals surface area (Å²) in [7, 11) is 1.44. The molecule has 0 amide bonds. The van der Waals surface area contributed by atoms with Gasteiger partial charge >= 0.3 is 0 Å². The van der Waals surface area contributed by atoms with Gasteiger partial charge in [-0.3, -0.25) is 0 Å². The highest BCUT2D eigenvalue weighted by atomic mass is 16.8. The van der Waals surface area contributed by atoms with Crippen molar-refractivity contribution >= 4 is 0 Å². The summed E-state index contributed by atoms with van der Waals surface area (Å²) in [6.45, 7) is 1.67. The lowest BCUT2D eigenvalue weighted by Gasteiger charge is -2.39. The summed E-state index contributed by atoms with van der Waals surface area (Å²) in [4.78, 5) is 0. The minimum absolute atomic E-state index is 0.185. The lowest BCUT2D eigenvalue weighted by Crippen LogP contribution is -2.59. The van der Waals surface area contributed by atoms with Crippen LogP contribution in [0.4, 0.5) is 0 Å². The van der Waals surface area contributed by atoms with Crippen molar-refractivity contribution < 1.29 is 34.6 Å². The van der Waals surface area contributed by atoms with E-state index in [1.54, 1.807) is 6.08 Å². The van der Waals surface area contributed by atoms with Crippen molar-refractivity contribution in [2.45, 2.75) is 76.2 Å². The molecule has 1 aliphatic rings. The first-order valence-electron chi connectivity index (χ1n) is 8.26. The Bertz CT molecular complexity index is 345. The Hall–Kier alpha value is -0.860. The van der Waals surface area contributed by atoms with Gasteiger partial charge in [0.1, 0.15) is 24.4 Å². The van der Waals surface area contributed by atoms with Crippen molar-refractivity contribution in [2.75, 3.05) is 13.7 Å². The Morgan fingerprint density at radius 3 is 2.35 bits per heavy atom. The maximum Gasteiger partial charge on any atom is 0.277 e. The summed E-state index contributed by atoms with van der Waals surface area (Å²) in [5.74, 6) is 0.185. The third kappa shape index (κ3) is 6.27. The van der Waals surface area contributed by atoms with Gasteiger partial charge in [-0.2, -0.15) is 0 Å². The minimum Gasteiger partial charge on any atom is -0.469 e. The summed E-state index contributed by atoms with van der Waals surface area (Å²) < 4.78 is 15.8. The van der Waals surface area contributed by atoms with E-state index in [0.717, 1.165) is 19.3 Å². The van der Waals surface area contributed by atoms with Crippen LogP contribution in [0.2, 0.25) is 0 Å². The molecule has 7 nitrogen and oxygen atoms in total. The van der Waals surface area contributed by atoms with E-state index in [0.29, 0.717) is 0 Å². The molecule has 5 atom stereocenters. The molecule has 0 radical (unpaired) electrons. The topological polar surface area (TPSA) is 109 Å². The van der Waals surface area contributed by atoms with Crippen LogP contribution >= 0.6 is 0 Å². The van der Waals surface area contributed by atoms with Crippen LogP contribution in [0.1, 0.15) is 45.4 Å². The standard InChI is InChI=1S/C16H30O7/c1-3-4-5-6-7-8-9-12(21-2)23-16-15(20)14(19)13(18)11(10-17)22-16/h9,11,13-20H,3-8,10H2,1-2H3/t11-,13+,14+,15-,16+/m1/s1. The summed E-state index contributed by atoms with van der Waals surface area (Å²) in [5.41, 5.74) is 0. The lowest BCUT2D eigenvalue weighted by atomic mass is 9.99. The molecule has 0 bridgehead atoms. The van der Waals surface area contributed by atoms with E-state index in [1.807, 2.05) is 0 Å². The Kier molecular flexibility index (Phi) is 9.50. The second-order valence-corrected chi connectivity index (χ2v) is 5.75. The Morgan fingerprint density at radius 1 is 1.04 bits per heavy atom. The molecule has 1 rings (SSSR count). The summed E-state index contributed by atoms with van der Waals surface area (Å²) in [5, 5.41) is 38.5. The molecule has 0 spiro atoms. The first-order chi connectivity index (χ1) is 11.0. The zero-order valence-electron chi connectivity index (χ0n) is 13.9. The third-order valence-corrected chi connectivity index (χ3v) is 3.90. The molecule has 4 N–H and O–H groups in total. The molecule has 0 aromatic heterocycles. The molecule has 0 unspecified atom stereocenters. The van der Waals surface area contributed by atoms with Gasteiger partial charge in [0.2, 0.25) is 6.29 Å². The monoisotopic (exact) mass is 334 g/mol. The van der Waals surface area contributed by atoms with Crippen LogP contribution in [-0.4, -0.2) is 64.8 Å². The van der Waals surface area contributed by atoms with Crippen LogP contribution in [-0.2, 0) is 14.2 Å². The van der Waals surface area contributed by atoms with Gasteiger partial charge in [0.05, 0.1) is 13.7 Å². The first kappa shape index (κ1) is 20.2. The summed E-state index contributed by atoms with van der Waals surface area (Å²) >= 11 is 0. The number of allylic oxidation sites excluding steroid dienone is 1. The molecule has 1 fully saturated rings. The lowest BCUT2D eigenvalue weighted by molar-refractivity contribution is -0.299. The fourth-order valence-electron chi connectivity index (χ4n) is 2.43. The maximum absolute atomic E-state index is 9.91. The number of unbranched alkanes of at least 4 members (excludes halogenated alkanes) is 5. The second kappa shape index (κ2) is 10.8. The van der Waals surface area contributed by atoms with E-state index < -0.39 is 37.3 Å². The molecule has 0 aliphatic carbocycles. The van der Waals surface area contributed by atoms with Crippen molar-refractivity contribution in [3.8, 4) is 0 Å². The van der Waals surface area contributed by atoms with Crippen LogP contribution in [0, 0.1) is 0 Å². The van der Waals surface area contributed by atoms with Gasteiger partial charge in [-0.15, -0.1) is 0 Å². The van der Waals surface area contributed by atoms with E-state index in [2.05, 4.69) is 6.92 Å². The van der Waals surface area contributed by atoms with Gasteiger partial charge in [0, 0.05) is 0 Å². The molecule has 7 heteroatoms. The number of rotatable bonds is 10. The highest BCUT2D eigenvalue weighted by Gasteiger charge is 2.45. The fraction of sp³-hybridized carbons (Fsp3) is 0.875. The number of methoxy groups -OCH3 is 1. The number of hydrogen-bond donors (Lipinski definition) is 4. The predicted octanol–water partition coefficient (Wildman–Crippen LogP) is 0.651. The van der Waals surface area contributed by atoms with Gasteiger partial charge in [-0.05, 0) is 18.9 Å². The van der Waals surface area contributed by atoms with Crippen LogP contribution in [0.25, 0.3) is 0 Å². The maximum atomic E-state index is 9.91. The molecule has 1 saturated heterocycles. The van der Waals surface area contributed by atoms with E-state index in [9.17, 15) is 15.3 Å². The highest BCUT2D eigenvalue weighted by Crippen LogP contribution is 2.24. The Balaban J connectivity index is 2.49. The van der Waals surface area contributed by atoms with Crippen molar-refractivity contribution in [3.05, 3.63) is 12.0 Å². The van der Waals surface area contributed by atoms with E-state index in [1.165, 1.54) is 26.4 Å². The van der Waals surface area contributed by atoms with Crippen LogP contribution in [0.15, 0.2) is 12.0 Å². The minimum atomic E-state index is -1.46. The summed E-state index contributed by atoms with van der Waals surface area (Å²) in [6, 6.07) is 0. The largest absolute Gasteiger partial charge is 0.469 e. The zero-order valence-corrected chi connectivity index (χ0v) is 13.9.